The van der Waals surface area contributed by atoms with Crippen LogP contribution in [0.1, 0.15) is 35.1 Å². The van der Waals surface area contributed by atoms with E-state index in [0.717, 1.165) is 17.7 Å². The second-order valence-electron chi connectivity index (χ2n) is 6.45. The maximum absolute atomic E-state index is 12.4. The number of hydrogen-bond donors (Lipinski definition) is 3. The molecule has 9 heteroatoms. The standard InChI is InChI=1S/C20H22N6O3/c1-3-8-21-19(27)17-9-18(26(25-17)15-6-4-13(2)22-12-15)16-7-5-14(10-23-16)11-24-20(28)29/h4-7,9-10,12,24H,3,8,11H2,1-2H3,(H,21,27)(H,28,29). The highest BCUT2D eigenvalue weighted by Crippen LogP contribution is 2.22. The zero-order valence-electron chi connectivity index (χ0n) is 16.2. The first-order valence-electron chi connectivity index (χ1n) is 9.21. The van der Waals surface area contributed by atoms with E-state index in [4.69, 9.17) is 5.11 Å². The number of hydrogen-bond acceptors (Lipinski definition) is 5. The molecular weight excluding hydrogens is 372 g/mol. The molecule has 0 bridgehead atoms. The predicted octanol–water partition coefficient (Wildman–Crippen LogP) is 2.55. The van der Waals surface area contributed by atoms with Crippen molar-refractivity contribution >= 4 is 12.0 Å². The van der Waals surface area contributed by atoms with E-state index in [9.17, 15) is 9.59 Å². The van der Waals surface area contributed by atoms with E-state index in [2.05, 4.69) is 25.7 Å². The molecule has 0 saturated heterocycles. The van der Waals surface area contributed by atoms with Gasteiger partial charge in [-0.1, -0.05) is 13.0 Å². The second-order valence-corrected chi connectivity index (χ2v) is 6.45. The molecule has 0 fully saturated rings. The minimum atomic E-state index is -1.10. The molecule has 0 radical (unpaired) electrons. The summed E-state index contributed by atoms with van der Waals surface area (Å²) in [7, 11) is 0. The molecule has 0 atom stereocenters. The average Bonchev–Trinajstić information content (AvgIpc) is 3.17. The van der Waals surface area contributed by atoms with Crippen LogP contribution in [-0.2, 0) is 6.54 Å². The summed E-state index contributed by atoms with van der Waals surface area (Å²) in [5.74, 6) is -0.255. The van der Waals surface area contributed by atoms with Gasteiger partial charge in [-0.2, -0.15) is 5.10 Å². The van der Waals surface area contributed by atoms with E-state index >= 15 is 0 Å². The molecular formula is C20H22N6O3. The number of carbonyl (C=O) groups excluding carboxylic acids is 1. The predicted molar refractivity (Wildman–Crippen MR) is 107 cm³/mol. The number of rotatable bonds is 7. The van der Waals surface area contributed by atoms with Crippen LogP contribution in [0.25, 0.3) is 17.1 Å². The normalized spacial score (nSPS) is 10.6. The van der Waals surface area contributed by atoms with Crippen molar-refractivity contribution < 1.29 is 14.7 Å². The van der Waals surface area contributed by atoms with Crippen LogP contribution in [0.5, 0.6) is 0 Å². The number of carbonyl (C=O) groups is 2. The Balaban J connectivity index is 1.97. The molecule has 0 aliphatic rings. The molecule has 3 aromatic heterocycles. The topological polar surface area (TPSA) is 122 Å². The fourth-order valence-electron chi connectivity index (χ4n) is 2.64. The van der Waals surface area contributed by atoms with Crippen molar-refractivity contribution in [2.75, 3.05) is 6.54 Å². The van der Waals surface area contributed by atoms with Crippen molar-refractivity contribution in [2.24, 2.45) is 0 Å². The summed E-state index contributed by atoms with van der Waals surface area (Å²) < 4.78 is 1.63. The Bertz CT molecular complexity index is 996. The smallest absolute Gasteiger partial charge is 0.404 e. The molecule has 150 valence electrons. The Labute approximate surface area is 167 Å². The first-order chi connectivity index (χ1) is 14.0. The van der Waals surface area contributed by atoms with Crippen LogP contribution < -0.4 is 10.6 Å². The van der Waals surface area contributed by atoms with E-state index < -0.39 is 6.09 Å². The zero-order chi connectivity index (χ0) is 20.8. The largest absolute Gasteiger partial charge is 0.465 e. The fourth-order valence-corrected chi connectivity index (χ4v) is 2.64. The summed E-state index contributed by atoms with van der Waals surface area (Å²) in [6.45, 7) is 4.60. The number of aromatic nitrogens is 4. The Morgan fingerprint density at radius 1 is 1.10 bits per heavy atom. The third-order valence-electron chi connectivity index (χ3n) is 4.15. The van der Waals surface area contributed by atoms with E-state index in [1.165, 1.54) is 0 Å². The maximum Gasteiger partial charge on any atom is 0.404 e. The third kappa shape index (κ3) is 4.95. The molecule has 0 aliphatic heterocycles. The first kappa shape index (κ1) is 20.0. The van der Waals surface area contributed by atoms with Gasteiger partial charge in [0.2, 0.25) is 0 Å². The van der Waals surface area contributed by atoms with Crippen molar-refractivity contribution in [2.45, 2.75) is 26.8 Å². The lowest BCUT2D eigenvalue weighted by Gasteiger charge is -2.08. The van der Waals surface area contributed by atoms with E-state index in [1.807, 2.05) is 26.0 Å². The quantitative estimate of drug-likeness (QED) is 0.566. The van der Waals surface area contributed by atoms with Crippen LogP contribution in [0.15, 0.2) is 42.7 Å². The summed E-state index contributed by atoms with van der Waals surface area (Å²) >= 11 is 0. The van der Waals surface area contributed by atoms with E-state index in [1.54, 1.807) is 35.3 Å². The lowest BCUT2D eigenvalue weighted by molar-refractivity contribution is 0.0948. The summed E-state index contributed by atoms with van der Waals surface area (Å²) in [5.41, 5.74) is 3.82. The van der Waals surface area contributed by atoms with Gasteiger partial charge in [0.25, 0.3) is 5.91 Å². The fraction of sp³-hybridized carbons (Fsp3) is 0.250. The Morgan fingerprint density at radius 2 is 1.93 bits per heavy atom. The van der Waals surface area contributed by atoms with Gasteiger partial charge in [-0.15, -0.1) is 0 Å². The van der Waals surface area contributed by atoms with Gasteiger partial charge in [0, 0.05) is 25.0 Å². The van der Waals surface area contributed by atoms with Crippen molar-refractivity contribution in [3.63, 3.8) is 0 Å². The first-order valence-corrected chi connectivity index (χ1v) is 9.21. The lowest BCUT2D eigenvalue weighted by atomic mass is 10.2. The molecule has 3 heterocycles. The highest BCUT2D eigenvalue weighted by atomic mass is 16.4. The van der Waals surface area contributed by atoms with Crippen LogP contribution in [0, 0.1) is 6.92 Å². The van der Waals surface area contributed by atoms with Crippen molar-refractivity contribution in [3.05, 3.63) is 59.7 Å². The number of amides is 2. The summed E-state index contributed by atoms with van der Waals surface area (Å²) in [6.07, 6.45) is 3.01. The van der Waals surface area contributed by atoms with Gasteiger partial charge in [-0.25, -0.2) is 9.48 Å². The van der Waals surface area contributed by atoms with Crippen molar-refractivity contribution in [3.8, 4) is 17.1 Å². The summed E-state index contributed by atoms with van der Waals surface area (Å²) in [6, 6.07) is 8.97. The van der Waals surface area contributed by atoms with E-state index in [-0.39, 0.29) is 18.1 Å². The molecule has 0 aliphatic carbocycles. The van der Waals surface area contributed by atoms with Gasteiger partial charge in [-0.05, 0) is 43.2 Å². The molecule has 0 spiro atoms. The van der Waals surface area contributed by atoms with Gasteiger partial charge in [-0.3, -0.25) is 14.8 Å². The van der Waals surface area contributed by atoms with E-state index in [0.29, 0.717) is 23.6 Å². The molecule has 3 N–H and O–H groups in total. The number of aryl methyl sites for hydroxylation is 1. The van der Waals surface area contributed by atoms with Gasteiger partial charge in [0.15, 0.2) is 5.69 Å². The number of pyridine rings is 2. The van der Waals surface area contributed by atoms with Crippen LogP contribution in [0.2, 0.25) is 0 Å². The van der Waals surface area contributed by atoms with Crippen LogP contribution in [-0.4, -0.2) is 43.4 Å². The molecule has 3 rings (SSSR count). The Kier molecular flexibility index (Phi) is 6.18. The molecule has 0 unspecified atom stereocenters. The number of nitrogens with zero attached hydrogens (tertiary/aromatic N) is 4. The Morgan fingerprint density at radius 3 is 2.55 bits per heavy atom. The average molecular weight is 394 g/mol. The lowest BCUT2D eigenvalue weighted by Crippen LogP contribution is -2.24. The van der Waals surface area contributed by atoms with Crippen LogP contribution >= 0.6 is 0 Å². The van der Waals surface area contributed by atoms with Gasteiger partial charge in [0.05, 0.1) is 23.3 Å². The molecule has 0 saturated carbocycles. The maximum atomic E-state index is 12.4. The monoisotopic (exact) mass is 394 g/mol. The molecule has 3 aromatic rings. The highest BCUT2D eigenvalue weighted by Gasteiger charge is 2.17. The van der Waals surface area contributed by atoms with Gasteiger partial charge in [0.1, 0.15) is 0 Å². The van der Waals surface area contributed by atoms with Gasteiger partial charge >= 0.3 is 6.09 Å². The molecule has 2 amide bonds. The zero-order valence-corrected chi connectivity index (χ0v) is 16.2. The summed E-state index contributed by atoms with van der Waals surface area (Å²) in [4.78, 5) is 31.8. The molecule has 0 aromatic carbocycles. The van der Waals surface area contributed by atoms with Gasteiger partial charge < -0.3 is 15.7 Å². The minimum absolute atomic E-state index is 0.161. The second kappa shape index (κ2) is 8.96. The number of carboxylic acid groups (broad SMARTS) is 1. The molecule has 29 heavy (non-hydrogen) atoms. The highest BCUT2D eigenvalue weighted by molar-refractivity contribution is 5.93. The Hall–Kier alpha value is -3.75. The van der Waals surface area contributed by atoms with Crippen molar-refractivity contribution in [1.29, 1.82) is 0 Å². The number of nitrogens with one attached hydrogen (secondary N) is 2. The third-order valence-corrected chi connectivity index (χ3v) is 4.15. The van der Waals surface area contributed by atoms with Crippen LogP contribution in [0.3, 0.4) is 0 Å². The summed E-state index contributed by atoms with van der Waals surface area (Å²) in [5, 5.41) is 18.3. The SMILES string of the molecule is CCCNC(=O)c1cc(-c2ccc(CNC(=O)O)cn2)n(-c2ccc(C)nc2)n1. The minimum Gasteiger partial charge on any atom is -0.465 e. The van der Waals surface area contributed by atoms with Crippen LogP contribution in [0.4, 0.5) is 4.79 Å². The molecule has 9 nitrogen and oxygen atoms in total. The van der Waals surface area contributed by atoms with Crippen molar-refractivity contribution in [1.82, 2.24) is 30.4 Å².